The first kappa shape index (κ1) is 12.9. The van der Waals surface area contributed by atoms with Gasteiger partial charge in [-0.05, 0) is 6.42 Å². The number of nitrogens with zero attached hydrogens (tertiary/aromatic N) is 1. The Morgan fingerprint density at radius 2 is 2.29 bits per heavy atom. The molecule has 0 atom stereocenters. The maximum atomic E-state index is 10.4. The van der Waals surface area contributed by atoms with E-state index in [2.05, 4.69) is 5.92 Å². The van der Waals surface area contributed by atoms with Crippen LogP contribution in [0.4, 0.5) is 0 Å². The van der Waals surface area contributed by atoms with Gasteiger partial charge in [-0.2, -0.15) is 0 Å². The molecule has 14 heavy (non-hydrogen) atoms. The molecular formula is C10H17NO3. The van der Waals surface area contributed by atoms with Crippen LogP contribution in [0.3, 0.4) is 0 Å². The van der Waals surface area contributed by atoms with Crippen LogP contribution >= 0.6 is 0 Å². The van der Waals surface area contributed by atoms with Crippen molar-refractivity contribution >= 4 is 5.97 Å². The van der Waals surface area contributed by atoms with Gasteiger partial charge in [0.05, 0.1) is 19.7 Å². The van der Waals surface area contributed by atoms with Crippen molar-refractivity contribution in [2.24, 2.45) is 0 Å². The number of rotatable bonds is 8. The molecule has 0 amide bonds. The summed E-state index contributed by atoms with van der Waals surface area (Å²) in [7, 11) is 0. The Hall–Kier alpha value is -1.05. The lowest BCUT2D eigenvalue weighted by Crippen LogP contribution is -2.33. The third-order valence-electron chi connectivity index (χ3n) is 1.57. The van der Waals surface area contributed by atoms with Gasteiger partial charge in [-0.25, -0.2) is 0 Å². The first-order valence-corrected chi connectivity index (χ1v) is 4.66. The predicted octanol–water partition coefficient (Wildman–Crippen LogP) is 0.433. The highest BCUT2D eigenvalue weighted by Gasteiger charge is 2.07. The van der Waals surface area contributed by atoms with Crippen LogP contribution in [0.2, 0.25) is 0 Å². The second kappa shape index (κ2) is 8.54. The summed E-state index contributed by atoms with van der Waals surface area (Å²) in [5, 5.41) is 8.56. The second-order valence-electron chi connectivity index (χ2n) is 2.92. The van der Waals surface area contributed by atoms with E-state index in [1.807, 2.05) is 6.92 Å². The fraction of sp³-hybridized carbons (Fsp3) is 0.700. The van der Waals surface area contributed by atoms with Gasteiger partial charge in [0.15, 0.2) is 0 Å². The summed E-state index contributed by atoms with van der Waals surface area (Å²) in [5.41, 5.74) is 0. The van der Waals surface area contributed by atoms with Gasteiger partial charge in [0.25, 0.3) is 0 Å². The Bertz CT molecular complexity index is 198. The fourth-order valence-electron chi connectivity index (χ4n) is 0.974. The average Bonchev–Trinajstić information content (AvgIpc) is 2.12. The third kappa shape index (κ3) is 7.59. The summed E-state index contributed by atoms with van der Waals surface area (Å²) in [4.78, 5) is 12.1. The van der Waals surface area contributed by atoms with Gasteiger partial charge in [-0.3, -0.25) is 9.69 Å². The maximum absolute atomic E-state index is 10.4. The van der Waals surface area contributed by atoms with Crippen LogP contribution in [0, 0.1) is 12.3 Å². The van der Waals surface area contributed by atoms with Gasteiger partial charge in [-0.15, -0.1) is 6.42 Å². The fourth-order valence-corrected chi connectivity index (χ4v) is 0.974. The molecule has 0 radical (unpaired) electrons. The third-order valence-corrected chi connectivity index (χ3v) is 1.57. The Balaban J connectivity index is 3.63. The number of carbonyl (C=O) groups is 1. The standard InChI is InChI=1S/C10H17NO3/c1-3-5-11(9-10(12)13)6-8-14-7-4-2/h1H,4-9H2,2H3,(H,12,13). The Morgan fingerprint density at radius 3 is 2.79 bits per heavy atom. The van der Waals surface area contributed by atoms with Crippen LogP contribution in [-0.4, -0.2) is 48.8 Å². The summed E-state index contributed by atoms with van der Waals surface area (Å²) in [6, 6.07) is 0. The Kier molecular flexibility index (Phi) is 7.90. The van der Waals surface area contributed by atoms with Gasteiger partial charge in [0.1, 0.15) is 0 Å². The quantitative estimate of drug-likeness (QED) is 0.455. The molecule has 80 valence electrons. The van der Waals surface area contributed by atoms with E-state index in [4.69, 9.17) is 16.3 Å². The molecule has 0 saturated carbocycles. The van der Waals surface area contributed by atoms with Gasteiger partial charge >= 0.3 is 5.97 Å². The molecule has 1 N–H and O–H groups in total. The lowest BCUT2D eigenvalue weighted by Gasteiger charge is -2.16. The van der Waals surface area contributed by atoms with Crippen molar-refractivity contribution in [3.8, 4) is 12.3 Å². The van der Waals surface area contributed by atoms with Gasteiger partial charge in [-0.1, -0.05) is 12.8 Å². The molecule has 0 heterocycles. The van der Waals surface area contributed by atoms with E-state index >= 15 is 0 Å². The van der Waals surface area contributed by atoms with Crippen LogP contribution in [0.25, 0.3) is 0 Å². The van der Waals surface area contributed by atoms with E-state index in [9.17, 15) is 4.79 Å². The highest BCUT2D eigenvalue weighted by Crippen LogP contribution is 1.89. The number of ether oxygens (including phenoxy) is 1. The number of terminal acetylenes is 1. The zero-order valence-corrected chi connectivity index (χ0v) is 8.53. The lowest BCUT2D eigenvalue weighted by molar-refractivity contribution is -0.138. The van der Waals surface area contributed by atoms with E-state index in [0.29, 0.717) is 26.3 Å². The molecule has 0 spiro atoms. The smallest absolute Gasteiger partial charge is 0.317 e. The Labute approximate surface area is 84.9 Å². The van der Waals surface area contributed by atoms with Gasteiger partial charge in [0, 0.05) is 13.2 Å². The largest absolute Gasteiger partial charge is 0.480 e. The van der Waals surface area contributed by atoms with E-state index < -0.39 is 5.97 Å². The number of aliphatic carboxylic acids is 1. The minimum Gasteiger partial charge on any atom is -0.480 e. The van der Waals surface area contributed by atoms with E-state index in [0.717, 1.165) is 6.42 Å². The van der Waals surface area contributed by atoms with E-state index in [-0.39, 0.29) is 6.54 Å². The van der Waals surface area contributed by atoms with Crippen LogP contribution in [0.15, 0.2) is 0 Å². The van der Waals surface area contributed by atoms with Crippen molar-refractivity contribution in [3.63, 3.8) is 0 Å². The molecule has 0 aliphatic heterocycles. The van der Waals surface area contributed by atoms with Crippen molar-refractivity contribution in [2.45, 2.75) is 13.3 Å². The molecular weight excluding hydrogens is 182 g/mol. The van der Waals surface area contributed by atoms with Crippen LogP contribution in [0.1, 0.15) is 13.3 Å². The summed E-state index contributed by atoms with van der Waals surface area (Å²) in [5.74, 6) is 1.56. The molecule has 0 fully saturated rings. The Morgan fingerprint density at radius 1 is 1.57 bits per heavy atom. The normalized spacial score (nSPS) is 10.1. The molecule has 0 rings (SSSR count). The minimum atomic E-state index is -0.865. The zero-order chi connectivity index (χ0) is 10.8. The highest BCUT2D eigenvalue weighted by molar-refractivity contribution is 5.69. The summed E-state index contributed by atoms with van der Waals surface area (Å²) < 4.78 is 5.24. The molecule has 4 heteroatoms. The SMILES string of the molecule is C#CCN(CCOCCC)CC(=O)O. The molecule has 0 aromatic carbocycles. The van der Waals surface area contributed by atoms with Crippen molar-refractivity contribution in [1.29, 1.82) is 0 Å². The number of hydrogen-bond donors (Lipinski definition) is 1. The maximum Gasteiger partial charge on any atom is 0.317 e. The van der Waals surface area contributed by atoms with Crippen LogP contribution in [-0.2, 0) is 9.53 Å². The molecule has 4 nitrogen and oxygen atoms in total. The molecule has 0 saturated heterocycles. The summed E-state index contributed by atoms with van der Waals surface area (Å²) in [6.45, 7) is 4.15. The number of hydrogen-bond acceptors (Lipinski definition) is 3. The molecule has 0 bridgehead atoms. The zero-order valence-electron chi connectivity index (χ0n) is 8.53. The molecule has 0 aliphatic rings. The molecule has 0 aliphatic carbocycles. The monoisotopic (exact) mass is 199 g/mol. The van der Waals surface area contributed by atoms with Gasteiger partial charge in [0.2, 0.25) is 0 Å². The highest BCUT2D eigenvalue weighted by atomic mass is 16.5. The first-order valence-electron chi connectivity index (χ1n) is 4.66. The number of carboxylic acid groups (broad SMARTS) is 1. The predicted molar refractivity (Wildman–Crippen MR) is 54.0 cm³/mol. The van der Waals surface area contributed by atoms with E-state index in [1.165, 1.54) is 0 Å². The summed E-state index contributed by atoms with van der Waals surface area (Å²) in [6.07, 6.45) is 6.08. The molecule has 0 aromatic rings. The van der Waals surface area contributed by atoms with E-state index in [1.54, 1.807) is 4.90 Å². The van der Waals surface area contributed by atoms with Gasteiger partial charge < -0.3 is 9.84 Å². The second-order valence-corrected chi connectivity index (χ2v) is 2.92. The lowest BCUT2D eigenvalue weighted by atomic mass is 10.4. The molecule has 0 unspecified atom stereocenters. The number of carboxylic acids is 1. The first-order chi connectivity index (χ1) is 6.70. The van der Waals surface area contributed by atoms with Crippen molar-refractivity contribution in [3.05, 3.63) is 0 Å². The average molecular weight is 199 g/mol. The minimum absolute atomic E-state index is 0.0281. The topological polar surface area (TPSA) is 49.8 Å². The van der Waals surface area contributed by atoms with Crippen molar-refractivity contribution in [1.82, 2.24) is 4.90 Å². The van der Waals surface area contributed by atoms with Crippen LogP contribution < -0.4 is 0 Å². The van der Waals surface area contributed by atoms with Crippen molar-refractivity contribution < 1.29 is 14.6 Å². The molecule has 0 aromatic heterocycles. The van der Waals surface area contributed by atoms with Crippen LogP contribution in [0.5, 0.6) is 0 Å². The summed E-state index contributed by atoms with van der Waals surface area (Å²) >= 11 is 0. The van der Waals surface area contributed by atoms with Crippen molar-refractivity contribution in [2.75, 3.05) is 32.8 Å².